The second-order valence-corrected chi connectivity index (χ2v) is 4.25. The molecule has 0 aliphatic carbocycles. The van der Waals surface area contributed by atoms with E-state index in [4.69, 9.17) is 10.5 Å². The summed E-state index contributed by atoms with van der Waals surface area (Å²) < 4.78 is 5.45. The molecule has 0 aromatic heterocycles. The third-order valence-corrected chi connectivity index (χ3v) is 2.55. The first kappa shape index (κ1) is 13.6. The Hall–Kier alpha value is -1.42. The zero-order valence-electron chi connectivity index (χ0n) is 10.8. The molecule has 1 unspecified atom stereocenters. The van der Waals surface area contributed by atoms with Gasteiger partial charge >= 0.3 is 0 Å². The lowest BCUT2D eigenvalue weighted by molar-refractivity contribution is 0.187. The van der Waals surface area contributed by atoms with Crippen molar-refractivity contribution in [1.82, 2.24) is 0 Å². The van der Waals surface area contributed by atoms with Crippen molar-refractivity contribution in [2.24, 2.45) is 0 Å². The number of nitrogens with zero attached hydrogens (tertiary/aromatic N) is 1. The summed E-state index contributed by atoms with van der Waals surface area (Å²) in [6.07, 6.45) is 0.444. The molecule has 1 aromatic rings. The van der Waals surface area contributed by atoms with E-state index >= 15 is 0 Å². The SMILES string of the molecule is CCOc1cc(N)cc(N(C)CCC(C)O)c1. The lowest BCUT2D eigenvalue weighted by Gasteiger charge is -2.21. The minimum atomic E-state index is -0.287. The van der Waals surface area contributed by atoms with Crippen LogP contribution in [0.15, 0.2) is 18.2 Å². The van der Waals surface area contributed by atoms with Gasteiger partial charge in [0.05, 0.1) is 12.7 Å². The summed E-state index contributed by atoms with van der Waals surface area (Å²) in [5.74, 6) is 0.784. The number of aliphatic hydroxyl groups excluding tert-OH is 1. The molecule has 0 bridgehead atoms. The van der Waals surface area contributed by atoms with Gasteiger partial charge in [-0.15, -0.1) is 0 Å². The number of hydrogen-bond donors (Lipinski definition) is 2. The molecule has 96 valence electrons. The van der Waals surface area contributed by atoms with Crippen molar-refractivity contribution >= 4 is 11.4 Å². The molecule has 1 rings (SSSR count). The molecule has 0 saturated heterocycles. The summed E-state index contributed by atoms with van der Waals surface area (Å²) >= 11 is 0. The van der Waals surface area contributed by atoms with E-state index in [9.17, 15) is 5.11 Å². The maximum absolute atomic E-state index is 9.27. The Morgan fingerprint density at radius 1 is 1.41 bits per heavy atom. The van der Waals surface area contributed by atoms with E-state index in [0.717, 1.165) is 24.4 Å². The molecular weight excluding hydrogens is 216 g/mol. The van der Waals surface area contributed by atoms with Crippen LogP contribution >= 0.6 is 0 Å². The van der Waals surface area contributed by atoms with Crippen LogP contribution in [0.1, 0.15) is 20.3 Å². The Morgan fingerprint density at radius 2 is 2.12 bits per heavy atom. The average molecular weight is 238 g/mol. The van der Waals surface area contributed by atoms with Crippen LogP contribution in [0.4, 0.5) is 11.4 Å². The third kappa shape index (κ3) is 4.53. The Kier molecular flexibility index (Phi) is 5.10. The van der Waals surface area contributed by atoms with Crippen molar-refractivity contribution in [1.29, 1.82) is 0 Å². The second-order valence-electron chi connectivity index (χ2n) is 4.25. The molecule has 17 heavy (non-hydrogen) atoms. The van der Waals surface area contributed by atoms with Crippen LogP contribution in [0, 0.1) is 0 Å². The van der Waals surface area contributed by atoms with Crippen LogP contribution in [0.2, 0.25) is 0 Å². The molecule has 1 aromatic carbocycles. The fourth-order valence-corrected chi connectivity index (χ4v) is 1.59. The number of ether oxygens (including phenoxy) is 1. The quantitative estimate of drug-likeness (QED) is 0.743. The predicted molar refractivity (Wildman–Crippen MR) is 71.6 cm³/mol. The summed E-state index contributed by atoms with van der Waals surface area (Å²) in [7, 11) is 1.98. The van der Waals surface area contributed by atoms with Gasteiger partial charge in [-0.2, -0.15) is 0 Å². The highest BCUT2D eigenvalue weighted by molar-refractivity contribution is 5.60. The fraction of sp³-hybridized carbons (Fsp3) is 0.538. The van der Waals surface area contributed by atoms with Gasteiger partial charge in [0.2, 0.25) is 0 Å². The fourth-order valence-electron chi connectivity index (χ4n) is 1.59. The molecule has 0 fully saturated rings. The van der Waals surface area contributed by atoms with Crippen LogP contribution in [0.5, 0.6) is 5.75 Å². The molecule has 0 radical (unpaired) electrons. The van der Waals surface area contributed by atoms with Crippen LogP contribution in [-0.4, -0.2) is 31.4 Å². The standard InChI is InChI=1S/C13H22N2O2/c1-4-17-13-8-11(14)7-12(9-13)15(3)6-5-10(2)16/h7-10,16H,4-6,14H2,1-3H3. The molecule has 0 amide bonds. The molecule has 1 atom stereocenters. The van der Waals surface area contributed by atoms with E-state index in [0.29, 0.717) is 12.3 Å². The Bertz CT molecular complexity index is 353. The van der Waals surface area contributed by atoms with Crippen LogP contribution in [0.3, 0.4) is 0 Å². The molecule has 3 N–H and O–H groups in total. The van der Waals surface area contributed by atoms with Gasteiger partial charge in [0.25, 0.3) is 0 Å². The van der Waals surface area contributed by atoms with Crippen molar-refractivity contribution in [2.75, 3.05) is 30.8 Å². The minimum absolute atomic E-state index is 0.287. The Labute approximate surface area is 103 Å². The molecule has 0 aliphatic rings. The van der Waals surface area contributed by atoms with Crippen molar-refractivity contribution < 1.29 is 9.84 Å². The summed E-state index contributed by atoms with van der Waals surface area (Å²) in [5.41, 5.74) is 7.53. The van der Waals surface area contributed by atoms with E-state index in [2.05, 4.69) is 4.90 Å². The second kappa shape index (κ2) is 6.35. The summed E-state index contributed by atoms with van der Waals surface area (Å²) in [4.78, 5) is 2.06. The minimum Gasteiger partial charge on any atom is -0.494 e. The number of nitrogen functional groups attached to an aromatic ring is 1. The first-order valence-electron chi connectivity index (χ1n) is 5.95. The van der Waals surface area contributed by atoms with Gasteiger partial charge < -0.3 is 20.5 Å². The molecular formula is C13H22N2O2. The Balaban J connectivity index is 2.74. The summed E-state index contributed by atoms with van der Waals surface area (Å²) in [6.45, 7) is 5.14. The molecule has 0 saturated carbocycles. The van der Waals surface area contributed by atoms with Crippen molar-refractivity contribution in [2.45, 2.75) is 26.4 Å². The summed E-state index contributed by atoms with van der Waals surface area (Å²) in [5, 5.41) is 9.27. The lowest BCUT2D eigenvalue weighted by atomic mass is 10.2. The summed E-state index contributed by atoms with van der Waals surface area (Å²) in [6, 6.07) is 5.68. The topological polar surface area (TPSA) is 58.7 Å². The highest BCUT2D eigenvalue weighted by atomic mass is 16.5. The first-order chi connectivity index (χ1) is 8.02. The van der Waals surface area contributed by atoms with Crippen molar-refractivity contribution in [3.8, 4) is 5.75 Å². The van der Waals surface area contributed by atoms with Gasteiger partial charge in [-0.05, 0) is 26.3 Å². The number of hydrogen-bond acceptors (Lipinski definition) is 4. The van der Waals surface area contributed by atoms with Gasteiger partial charge in [0.15, 0.2) is 0 Å². The van der Waals surface area contributed by atoms with E-state index in [-0.39, 0.29) is 6.10 Å². The van der Waals surface area contributed by atoms with E-state index in [1.165, 1.54) is 0 Å². The lowest BCUT2D eigenvalue weighted by Crippen LogP contribution is -2.21. The van der Waals surface area contributed by atoms with Crippen LogP contribution in [0.25, 0.3) is 0 Å². The average Bonchev–Trinajstić information content (AvgIpc) is 2.25. The van der Waals surface area contributed by atoms with Gasteiger partial charge in [-0.25, -0.2) is 0 Å². The molecule has 0 aliphatic heterocycles. The highest BCUT2D eigenvalue weighted by Gasteiger charge is 2.06. The van der Waals surface area contributed by atoms with E-state index in [1.54, 1.807) is 6.92 Å². The molecule has 4 nitrogen and oxygen atoms in total. The van der Waals surface area contributed by atoms with E-state index in [1.807, 2.05) is 32.2 Å². The van der Waals surface area contributed by atoms with Crippen LogP contribution < -0.4 is 15.4 Å². The molecule has 0 heterocycles. The highest BCUT2D eigenvalue weighted by Crippen LogP contribution is 2.25. The number of aliphatic hydroxyl groups is 1. The largest absolute Gasteiger partial charge is 0.494 e. The molecule has 4 heteroatoms. The van der Waals surface area contributed by atoms with Crippen LogP contribution in [-0.2, 0) is 0 Å². The number of anilines is 2. The maximum Gasteiger partial charge on any atom is 0.123 e. The number of nitrogens with two attached hydrogens (primary N) is 1. The monoisotopic (exact) mass is 238 g/mol. The normalized spacial score (nSPS) is 12.2. The van der Waals surface area contributed by atoms with Gasteiger partial charge in [-0.1, -0.05) is 0 Å². The van der Waals surface area contributed by atoms with Gasteiger partial charge in [0.1, 0.15) is 5.75 Å². The zero-order valence-corrected chi connectivity index (χ0v) is 10.8. The third-order valence-electron chi connectivity index (χ3n) is 2.55. The zero-order chi connectivity index (χ0) is 12.8. The van der Waals surface area contributed by atoms with Gasteiger partial charge in [-0.3, -0.25) is 0 Å². The number of benzene rings is 1. The van der Waals surface area contributed by atoms with Gasteiger partial charge in [0, 0.05) is 37.1 Å². The first-order valence-corrected chi connectivity index (χ1v) is 5.95. The predicted octanol–water partition coefficient (Wildman–Crippen LogP) is 1.87. The Morgan fingerprint density at radius 3 is 2.71 bits per heavy atom. The smallest absolute Gasteiger partial charge is 0.123 e. The maximum atomic E-state index is 9.27. The van der Waals surface area contributed by atoms with E-state index < -0.39 is 0 Å². The number of rotatable bonds is 6. The van der Waals surface area contributed by atoms with Crippen molar-refractivity contribution in [3.05, 3.63) is 18.2 Å². The molecule has 0 spiro atoms. The van der Waals surface area contributed by atoms with Crippen molar-refractivity contribution in [3.63, 3.8) is 0 Å².